The zero-order chi connectivity index (χ0) is 19.2. The number of benzene rings is 1. The monoisotopic (exact) mass is 365 g/mol. The summed E-state index contributed by atoms with van der Waals surface area (Å²) in [5.74, 6) is 0.814. The highest BCUT2D eigenvalue weighted by Crippen LogP contribution is 2.17. The molecule has 3 rings (SSSR count). The van der Waals surface area contributed by atoms with Crippen molar-refractivity contribution in [3.8, 4) is 6.07 Å². The molecule has 1 aliphatic heterocycles. The quantitative estimate of drug-likeness (QED) is 0.841. The largest absolute Gasteiger partial charge is 0.396 e. The van der Waals surface area contributed by atoms with E-state index in [1.807, 2.05) is 25.3 Å². The molecule has 7 nitrogen and oxygen atoms in total. The molecule has 2 amide bonds. The van der Waals surface area contributed by atoms with Gasteiger partial charge in [0.2, 0.25) is 0 Å². The maximum Gasteiger partial charge on any atom is 0.318 e. The molecule has 2 N–H and O–H groups in total. The van der Waals surface area contributed by atoms with Gasteiger partial charge in [-0.2, -0.15) is 5.26 Å². The Labute approximate surface area is 158 Å². The van der Waals surface area contributed by atoms with Crippen LogP contribution >= 0.6 is 0 Å². The highest BCUT2D eigenvalue weighted by Gasteiger charge is 2.22. The number of amides is 2. The molecule has 0 unspecified atom stereocenters. The number of hydrogen-bond acceptors (Lipinski definition) is 5. The first-order valence-corrected chi connectivity index (χ1v) is 9.05. The summed E-state index contributed by atoms with van der Waals surface area (Å²) in [6.45, 7) is 3.55. The molecule has 1 aromatic carbocycles. The predicted octanol–water partition coefficient (Wildman–Crippen LogP) is 1.79. The number of nitriles is 1. The van der Waals surface area contributed by atoms with Crippen LogP contribution < -0.4 is 5.32 Å². The molecule has 0 radical (unpaired) electrons. The summed E-state index contributed by atoms with van der Waals surface area (Å²) in [6, 6.07) is 9.11. The fourth-order valence-electron chi connectivity index (χ4n) is 2.98. The molecular weight excluding hydrogens is 342 g/mol. The average Bonchev–Trinajstić information content (AvgIpc) is 2.71. The van der Waals surface area contributed by atoms with E-state index in [-0.39, 0.29) is 18.6 Å². The summed E-state index contributed by atoms with van der Waals surface area (Å²) in [7, 11) is 0. The van der Waals surface area contributed by atoms with Gasteiger partial charge in [0, 0.05) is 32.3 Å². The van der Waals surface area contributed by atoms with Crippen LogP contribution in [-0.4, -0.2) is 39.2 Å². The van der Waals surface area contributed by atoms with Gasteiger partial charge in [0.05, 0.1) is 23.9 Å². The van der Waals surface area contributed by atoms with Crippen molar-refractivity contribution in [3.05, 3.63) is 58.7 Å². The molecule has 1 aromatic heterocycles. The SMILES string of the molecule is C[C@@H](CO)Cc1ncc2c(n1)CN(C(=O)NCc1ccc(C#N)cc1)CC2. The van der Waals surface area contributed by atoms with Gasteiger partial charge in [-0.15, -0.1) is 0 Å². The molecule has 1 aliphatic rings. The molecule has 2 aromatic rings. The minimum absolute atomic E-state index is 0.102. The maximum absolute atomic E-state index is 12.5. The smallest absolute Gasteiger partial charge is 0.318 e. The molecule has 0 aliphatic carbocycles. The van der Waals surface area contributed by atoms with E-state index in [4.69, 9.17) is 5.26 Å². The van der Waals surface area contributed by atoms with Gasteiger partial charge in [-0.3, -0.25) is 0 Å². The average molecular weight is 365 g/mol. The van der Waals surface area contributed by atoms with E-state index in [1.165, 1.54) is 0 Å². The van der Waals surface area contributed by atoms with Gasteiger partial charge in [0.15, 0.2) is 0 Å². The number of aliphatic hydroxyl groups is 1. The minimum Gasteiger partial charge on any atom is -0.396 e. The molecule has 0 fully saturated rings. The number of carbonyl (C=O) groups excluding carboxylic acids is 1. The molecular formula is C20H23N5O2. The van der Waals surface area contributed by atoms with E-state index < -0.39 is 0 Å². The molecule has 27 heavy (non-hydrogen) atoms. The summed E-state index contributed by atoms with van der Waals surface area (Å²) in [4.78, 5) is 23.2. The van der Waals surface area contributed by atoms with Gasteiger partial charge in [-0.05, 0) is 35.6 Å². The molecule has 140 valence electrons. The number of fused-ring (bicyclic) bond motifs is 1. The number of nitrogens with one attached hydrogen (secondary N) is 1. The molecule has 0 saturated heterocycles. The molecule has 0 saturated carbocycles. The summed E-state index contributed by atoms with van der Waals surface area (Å²) in [6.07, 6.45) is 3.19. The van der Waals surface area contributed by atoms with Crippen LogP contribution in [0.1, 0.15) is 35.1 Å². The topological polar surface area (TPSA) is 102 Å². The zero-order valence-electron chi connectivity index (χ0n) is 15.4. The minimum atomic E-state index is -0.131. The summed E-state index contributed by atoms with van der Waals surface area (Å²) < 4.78 is 0. The highest BCUT2D eigenvalue weighted by molar-refractivity contribution is 5.74. The van der Waals surface area contributed by atoms with Crippen LogP contribution in [0.2, 0.25) is 0 Å². The van der Waals surface area contributed by atoms with Crippen molar-refractivity contribution in [2.45, 2.75) is 32.9 Å². The second-order valence-corrected chi connectivity index (χ2v) is 6.89. The first-order valence-electron chi connectivity index (χ1n) is 9.05. The standard InChI is InChI=1S/C20H23N5O2/c1-14(13-26)8-19-22-11-17-6-7-25(12-18(17)24-19)20(27)23-10-16-4-2-15(9-21)3-5-16/h2-5,11,14,26H,6-8,10,12-13H2,1H3,(H,23,27)/t14-/m1/s1. The van der Waals surface area contributed by atoms with Crippen molar-refractivity contribution in [1.82, 2.24) is 20.2 Å². The Hall–Kier alpha value is -2.98. The van der Waals surface area contributed by atoms with E-state index in [2.05, 4.69) is 21.4 Å². The number of aliphatic hydroxyl groups excluding tert-OH is 1. The third kappa shape index (κ3) is 4.80. The number of aromatic nitrogens is 2. The van der Waals surface area contributed by atoms with Gasteiger partial charge in [-0.25, -0.2) is 14.8 Å². The van der Waals surface area contributed by atoms with Crippen LogP contribution in [0, 0.1) is 17.2 Å². The third-order valence-electron chi connectivity index (χ3n) is 4.65. The van der Waals surface area contributed by atoms with Crippen molar-refractivity contribution in [2.75, 3.05) is 13.2 Å². The second-order valence-electron chi connectivity index (χ2n) is 6.89. The number of nitrogens with zero attached hydrogens (tertiary/aromatic N) is 4. The van der Waals surface area contributed by atoms with Crippen molar-refractivity contribution >= 4 is 6.03 Å². The van der Waals surface area contributed by atoms with Crippen molar-refractivity contribution < 1.29 is 9.90 Å². The van der Waals surface area contributed by atoms with Crippen LogP contribution in [0.5, 0.6) is 0 Å². The van der Waals surface area contributed by atoms with Crippen LogP contribution in [0.3, 0.4) is 0 Å². The Morgan fingerprint density at radius 2 is 2.19 bits per heavy atom. The Morgan fingerprint density at radius 3 is 2.89 bits per heavy atom. The van der Waals surface area contributed by atoms with E-state index in [0.29, 0.717) is 37.4 Å². The lowest BCUT2D eigenvalue weighted by Gasteiger charge is -2.28. The van der Waals surface area contributed by atoms with Crippen molar-refractivity contribution in [2.24, 2.45) is 5.92 Å². The van der Waals surface area contributed by atoms with Crippen LogP contribution in [0.15, 0.2) is 30.5 Å². The summed E-state index contributed by atoms with van der Waals surface area (Å²) in [5, 5.41) is 20.9. The van der Waals surface area contributed by atoms with Gasteiger partial charge >= 0.3 is 6.03 Å². The Bertz CT molecular complexity index is 844. The second kappa shape index (κ2) is 8.60. The van der Waals surface area contributed by atoms with E-state index in [1.54, 1.807) is 17.0 Å². The number of carbonyl (C=O) groups is 1. The zero-order valence-corrected chi connectivity index (χ0v) is 15.4. The number of hydrogen-bond donors (Lipinski definition) is 2. The molecule has 1 atom stereocenters. The first kappa shape index (κ1) is 18.8. The lowest BCUT2D eigenvalue weighted by molar-refractivity contribution is 0.190. The Morgan fingerprint density at radius 1 is 1.41 bits per heavy atom. The predicted molar refractivity (Wildman–Crippen MR) is 99.5 cm³/mol. The van der Waals surface area contributed by atoms with Crippen LogP contribution in [0.4, 0.5) is 4.79 Å². The lowest BCUT2D eigenvalue weighted by atomic mass is 10.1. The molecule has 0 bridgehead atoms. The molecule has 0 spiro atoms. The van der Waals surface area contributed by atoms with Gasteiger partial charge in [0.25, 0.3) is 0 Å². The lowest BCUT2D eigenvalue weighted by Crippen LogP contribution is -2.42. The Kier molecular flexibility index (Phi) is 5.99. The third-order valence-corrected chi connectivity index (χ3v) is 4.65. The van der Waals surface area contributed by atoms with Crippen molar-refractivity contribution in [3.63, 3.8) is 0 Å². The molecule has 7 heteroatoms. The Balaban J connectivity index is 1.59. The fraction of sp³-hybridized carbons (Fsp3) is 0.400. The van der Waals surface area contributed by atoms with E-state index in [0.717, 1.165) is 23.2 Å². The molecule has 2 heterocycles. The van der Waals surface area contributed by atoms with Gasteiger partial charge < -0.3 is 15.3 Å². The number of urea groups is 1. The fourth-order valence-corrected chi connectivity index (χ4v) is 2.98. The van der Waals surface area contributed by atoms with Crippen LogP contribution in [-0.2, 0) is 25.9 Å². The van der Waals surface area contributed by atoms with E-state index >= 15 is 0 Å². The normalized spacial score (nSPS) is 14.2. The number of rotatable bonds is 5. The maximum atomic E-state index is 12.5. The van der Waals surface area contributed by atoms with Gasteiger partial charge in [-0.1, -0.05) is 19.1 Å². The highest BCUT2D eigenvalue weighted by atomic mass is 16.3. The van der Waals surface area contributed by atoms with Crippen LogP contribution in [0.25, 0.3) is 0 Å². The summed E-state index contributed by atoms with van der Waals surface area (Å²) in [5.41, 5.74) is 3.50. The van der Waals surface area contributed by atoms with E-state index in [9.17, 15) is 9.90 Å². The first-order chi connectivity index (χ1) is 13.1. The van der Waals surface area contributed by atoms with Gasteiger partial charge in [0.1, 0.15) is 5.82 Å². The summed E-state index contributed by atoms with van der Waals surface area (Å²) >= 11 is 0. The van der Waals surface area contributed by atoms with Crippen molar-refractivity contribution in [1.29, 1.82) is 5.26 Å².